The van der Waals surface area contributed by atoms with Gasteiger partial charge in [0.1, 0.15) is 0 Å². The monoisotopic (exact) mass is 264 g/mol. The van der Waals surface area contributed by atoms with Crippen LogP contribution in [0.4, 0.5) is 0 Å². The molecule has 1 aliphatic rings. The fourth-order valence-electron chi connectivity index (χ4n) is 2.67. The van der Waals surface area contributed by atoms with Crippen molar-refractivity contribution in [2.24, 2.45) is 0 Å². The van der Waals surface area contributed by atoms with Crippen molar-refractivity contribution in [2.45, 2.75) is 19.1 Å². The minimum absolute atomic E-state index is 0.0942. The second kappa shape index (κ2) is 7.60. The Bertz CT molecular complexity index is 376. The number of ether oxygens (including phenoxy) is 1. The maximum atomic E-state index is 9.75. The number of benzene rings is 1. The summed E-state index contributed by atoms with van der Waals surface area (Å²) in [6.45, 7) is 4.86. The summed E-state index contributed by atoms with van der Waals surface area (Å²) < 4.78 is 5.18. The quantitative estimate of drug-likeness (QED) is 0.838. The molecule has 0 amide bonds. The fourth-order valence-corrected chi connectivity index (χ4v) is 2.67. The lowest BCUT2D eigenvalue weighted by molar-refractivity contribution is 0.129. The van der Waals surface area contributed by atoms with Crippen LogP contribution >= 0.6 is 0 Å². The molecule has 1 aliphatic heterocycles. The van der Waals surface area contributed by atoms with E-state index in [2.05, 4.69) is 28.4 Å². The third-order valence-corrected chi connectivity index (χ3v) is 3.64. The molecule has 1 atom stereocenters. The number of nitrogens with zero attached hydrogens (tertiary/aromatic N) is 1. The zero-order valence-corrected chi connectivity index (χ0v) is 11.6. The van der Waals surface area contributed by atoms with Gasteiger partial charge in [-0.2, -0.15) is 0 Å². The van der Waals surface area contributed by atoms with Crippen molar-refractivity contribution >= 4 is 0 Å². The lowest BCUT2D eigenvalue weighted by atomic mass is 10.0. The largest absolute Gasteiger partial charge is 0.394 e. The predicted molar refractivity (Wildman–Crippen MR) is 76.0 cm³/mol. The van der Waals surface area contributed by atoms with Crippen LogP contribution in [-0.4, -0.2) is 49.9 Å². The Hall–Kier alpha value is -0.940. The van der Waals surface area contributed by atoms with Crippen molar-refractivity contribution in [3.63, 3.8) is 0 Å². The molecular formula is C15H24N2O2. The number of nitrogens with one attached hydrogen (secondary N) is 1. The Labute approximate surface area is 115 Å². The minimum atomic E-state index is 0.0942. The van der Waals surface area contributed by atoms with Crippen LogP contribution in [0.3, 0.4) is 0 Å². The van der Waals surface area contributed by atoms with Crippen LogP contribution in [0, 0.1) is 0 Å². The van der Waals surface area contributed by atoms with E-state index in [4.69, 9.17) is 4.74 Å². The molecule has 4 nitrogen and oxygen atoms in total. The molecule has 4 heteroatoms. The Morgan fingerprint density at radius 2 is 2.26 bits per heavy atom. The van der Waals surface area contributed by atoms with Gasteiger partial charge in [0.15, 0.2) is 0 Å². The van der Waals surface area contributed by atoms with E-state index in [9.17, 15) is 5.11 Å². The van der Waals surface area contributed by atoms with Crippen LogP contribution in [0.2, 0.25) is 0 Å². The molecule has 1 heterocycles. The van der Waals surface area contributed by atoms with Crippen LogP contribution in [0.5, 0.6) is 0 Å². The van der Waals surface area contributed by atoms with Gasteiger partial charge in [0.25, 0.3) is 0 Å². The second-order valence-corrected chi connectivity index (χ2v) is 5.02. The van der Waals surface area contributed by atoms with Crippen molar-refractivity contribution in [1.29, 1.82) is 0 Å². The average Bonchev–Trinajstić information content (AvgIpc) is 2.70. The molecule has 19 heavy (non-hydrogen) atoms. The van der Waals surface area contributed by atoms with Crippen LogP contribution in [0.25, 0.3) is 0 Å². The van der Waals surface area contributed by atoms with E-state index < -0.39 is 0 Å². The minimum Gasteiger partial charge on any atom is -0.394 e. The van der Waals surface area contributed by atoms with Crippen LogP contribution in [0.1, 0.15) is 23.6 Å². The van der Waals surface area contributed by atoms with Gasteiger partial charge in [-0.25, -0.2) is 0 Å². The van der Waals surface area contributed by atoms with Crippen molar-refractivity contribution in [3.05, 3.63) is 35.4 Å². The molecule has 2 rings (SSSR count). The highest BCUT2D eigenvalue weighted by Gasteiger charge is 2.20. The molecule has 0 spiro atoms. The summed E-state index contributed by atoms with van der Waals surface area (Å²) in [5.74, 6) is 0. The number of hydrogen-bond donors (Lipinski definition) is 2. The standard InChI is InChI=1S/C15H24N2O2/c1-19-12-13-4-2-5-14(10-13)15(11-18)17-8-3-6-16-7-9-17/h2,4-5,10,15-16,18H,3,6-9,11-12H2,1H3. The van der Waals surface area contributed by atoms with Gasteiger partial charge in [-0.15, -0.1) is 0 Å². The van der Waals surface area contributed by atoms with Gasteiger partial charge in [-0.05, 0) is 24.1 Å². The average molecular weight is 264 g/mol. The molecule has 1 unspecified atom stereocenters. The van der Waals surface area contributed by atoms with Gasteiger partial charge >= 0.3 is 0 Å². The van der Waals surface area contributed by atoms with Crippen LogP contribution in [0.15, 0.2) is 24.3 Å². The first-order valence-electron chi connectivity index (χ1n) is 6.98. The van der Waals surface area contributed by atoms with Gasteiger partial charge in [-0.1, -0.05) is 24.3 Å². The molecule has 0 aliphatic carbocycles. The normalized spacial score (nSPS) is 19.1. The first-order chi connectivity index (χ1) is 9.35. The molecule has 1 fully saturated rings. The third-order valence-electron chi connectivity index (χ3n) is 3.64. The zero-order valence-electron chi connectivity index (χ0n) is 11.6. The highest BCUT2D eigenvalue weighted by molar-refractivity contribution is 5.26. The van der Waals surface area contributed by atoms with E-state index in [1.54, 1.807) is 7.11 Å². The summed E-state index contributed by atoms with van der Waals surface area (Å²) in [5, 5.41) is 13.1. The van der Waals surface area contributed by atoms with E-state index in [-0.39, 0.29) is 12.6 Å². The summed E-state index contributed by atoms with van der Waals surface area (Å²) in [6, 6.07) is 8.44. The number of aliphatic hydroxyl groups is 1. The maximum absolute atomic E-state index is 9.75. The lowest BCUT2D eigenvalue weighted by Gasteiger charge is -2.29. The summed E-state index contributed by atoms with van der Waals surface area (Å²) in [6.07, 6.45) is 1.13. The highest BCUT2D eigenvalue weighted by Crippen LogP contribution is 2.22. The van der Waals surface area contributed by atoms with Crippen molar-refractivity contribution in [2.75, 3.05) is 39.9 Å². The van der Waals surface area contributed by atoms with E-state index in [0.717, 1.165) is 38.2 Å². The van der Waals surface area contributed by atoms with Crippen molar-refractivity contribution < 1.29 is 9.84 Å². The number of methoxy groups -OCH3 is 1. The topological polar surface area (TPSA) is 44.7 Å². The molecule has 0 saturated carbocycles. The van der Waals surface area contributed by atoms with E-state index in [1.165, 1.54) is 5.56 Å². The second-order valence-electron chi connectivity index (χ2n) is 5.02. The van der Waals surface area contributed by atoms with Gasteiger partial charge in [0, 0.05) is 26.7 Å². The molecule has 2 N–H and O–H groups in total. The van der Waals surface area contributed by atoms with E-state index in [1.807, 2.05) is 6.07 Å². The van der Waals surface area contributed by atoms with Gasteiger partial charge in [0.05, 0.1) is 19.3 Å². The molecule has 0 bridgehead atoms. The summed E-state index contributed by atoms with van der Waals surface area (Å²) >= 11 is 0. The first-order valence-corrected chi connectivity index (χ1v) is 6.98. The number of aliphatic hydroxyl groups excluding tert-OH is 1. The van der Waals surface area contributed by atoms with Crippen molar-refractivity contribution in [3.8, 4) is 0 Å². The van der Waals surface area contributed by atoms with Crippen molar-refractivity contribution in [1.82, 2.24) is 10.2 Å². The maximum Gasteiger partial charge on any atom is 0.0713 e. The molecular weight excluding hydrogens is 240 g/mol. The Morgan fingerprint density at radius 1 is 1.37 bits per heavy atom. The zero-order chi connectivity index (χ0) is 13.5. The smallest absolute Gasteiger partial charge is 0.0713 e. The predicted octanol–water partition coefficient (Wildman–Crippen LogP) is 1.16. The molecule has 0 aromatic heterocycles. The van der Waals surface area contributed by atoms with Crippen LogP contribution in [-0.2, 0) is 11.3 Å². The number of hydrogen-bond acceptors (Lipinski definition) is 4. The molecule has 1 aromatic rings. The van der Waals surface area contributed by atoms with E-state index in [0.29, 0.717) is 6.61 Å². The molecule has 0 radical (unpaired) electrons. The van der Waals surface area contributed by atoms with E-state index >= 15 is 0 Å². The summed E-state index contributed by atoms with van der Waals surface area (Å²) in [5.41, 5.74) is 2.34. The fraction of sp³-hybridized carbons (Fsp3) is 0.600. The lowest BCUT2D eigenvalue weighted by Crippen LogP contribution is -2.34. The van der Waals surface area contributed by atoms with Gasteiger partial charge in [0.2, 0.25) is 0 Å². The van der Waals surface area contributed by atoms with Gasteiger partial charge < -0.3 is 15.2 Å². The molecule has 106 valence electrons. The number of rotatable bonds is 5. The molecule has 1 saturated heterocycles. The Kier molecular flexibility index (Phi) is 5.79. The highest BCUT2D eigenvalue weighted by atomic mass is 16.5. The van der Waals surface area contributed by atoms with Crippen LogP contribution < -0.4 is 5.32 Å². The Morgan fingerprint density at radius 3 is 3.05 bits per heavy atom. The third kappa shape index (κ3) is 4.01. The Balaban J connectivity index is 2.13. The first kappa shape index (κ1) is 14.5. The van der Waals surface area contributed by atoms with Gasteiger partial charge in [-0.3, -0.25) is 4.90 Å². The SMILES string of the molecule is COCc1cccc(C(CO)N2CCCNCC2)c1. The molecule has 1 aromatic carbocycles. The summed E-state index contributed by atoms with van der Waals surface area (Å²) in [7, 11) is 1.71. The summed E-state index contributed by atoms with van der Waals surface area (Å²) in [4.78, 5) is 2.37.